The van der Waals surface area contributed by atoms with Crippen LogP contribution in [0.15, 0.2) is 317 Å². The zero-order valence-electron chi connectivity index (χ0n) is 70.7. The quantitative estimate of drug-likeness (QED) is 0.0156. The lowest BCUT2D eigenvalue weighted by Crippen LogP contribution is -2.54. The Labute approximate surface area is 716 Å². The van der Waals surface area contributed by atoms with Gasteiger partial charge in [0.25, 0.3) is 0 Å². The van der Waals surface area contributed by atoms with E-state index in [4.69, 9.17) is 14.2 Å². The average Bonchev–Trinajstić information content (AvgIpc) is 1.14. The van der Waals surface area contributed by atoms with Crippen molar-refractivity contribution in [2.45, 2.75) is 173 Å². The Morgan fingerprint density at radius 3 is 0.788 bits per heavy atom. The highest BCUT2D eigenvalue weighted by Crippen LogP contribution is 2.34. The number of carbonyl (C=O) groups is 3. The highest BCUT2D eigenvalue weighted by Gasteiger charge is 2.37. The molecule has 9 aromatic carbocycles. The van der Waals surface area contributed by atoms with Crippen LogP contribution in [-0.2, 0) is 61.3 Å². The lowest BCUT2D eigenvalue weighted by Gasteiger charge is -2.39. The molecule has 6 heterocycles. The van der Waals surface area contributed by atoms with E-state index >= 15 is 0 Å². The van der Waals surface area contributed by atoms with Crippen LogP contribution in [0, 0.1) is 0 Å². The van der Waals surface area contributed by atoms with Crippen LogP contribution in [0.25, 0.3) is 0 Å². The molecule has 15 nitrogen and oxygen atoms in total. The van der Waals surface area contributed by atoms with E-state index in [-0.39, 0.29) is 68.9 Å². The number of benzene rings is 9. The molecule has 0 radical (unpaired) electrons. The molecule has 6 aliphatic rings. The lowest BCUT2D eigenvalue weighted by molar-refractivity contribution is -0.155. The normalized spacial score (nSPS) is 18.1. The summed E-state index contributed by atoms with van der Waals surface area (Å²) in [7, 11) is -0.0439. The summed E-state index contributed by atoms with van der Waals surface area (Å²) in [4.78, 5) is 61.3. The number of carbonyl (C=O) groups excluding carboxylic acids is 3. The van der Waals surface area contributed by atoms with Gasteiger partial charge in [0.1, 0.15) is 12.1 Å². The van der Waals surface area contributed by atoms with Gasteiger partial charge >= 0.3 is 17.9 Å². The Morgan fingerprint density at radius 2 is 0.551 bits per heavy atom. The fourth-order valence-corrected chi connectivity index (χ4v) is 21.8. The molecule has 0 aliphatic carbocycles. The molecule has 3 atom stereocenters. The van der Waals surface area contributed by atoms with Crippen molar-refractivity contribution in [2.24, 2.45) is 0 Å². The number of cyclic esters (lactones) is 3. The third kappa shape index (κ3) is 32.2. The van der Waals surface area contributed by atoms with Crippen molar-refractivity contribution in [1.82, 2.24) is 45.3 Å². The van der Waals surface area contributed by atoms with Gasteiger partial charge in [-0.15, -0.1) is 0 Å². The maximum atomic E-state index is 11.8. The lowest BCUT2D eigenvalue weighted by atomic mass is 10.1. The number of piperazine rings is 3. The topological polar surface area (TPSA) is 134 Å². The summed E-state index contributed by atoms with van der Waals surface area (Å²) >= 11 is 0. The summed E-state index contributed by atoms with van der Waals surface area (Å²) in [6, 6.07) is 96.5. The van der Waals surface area contributed by atoms with Gasteiger partial charge in [0.05, 0.1) is 52.3 Å². The van der Waals surface area contributed by atoms with Crippen LogP contribution in [0.3, 0.4) is 0 Å². The Balaban J connectivity index is 0.000000149. The molecule has 3 N–H and O–H groups in total. The van der Waals surface area contributed by atoms with Gasteiger partial charge in [-0.1, -0.05) is 204 Å². The molecule has 3 unspecified atom stereocenters. The Bertz CT molecular complexity index is 3520. The van der Waals surface area contributed by atoms with Crippen molar-refractivity contribution in [2.75, 3.05) is 151 Å². The number of esters is 3. The van der Waals surface area contributed by atoms with E-state index in [1.54, 1.807) is 0 Å². The van der Waals surface area contributed by atoms with E-state index in [1.807, 2.05) is 0 Å². The fraction of sp³-hybridized carbons (Fsp3) is 0.430. The highest BCUT2D eigenvalue weighted by molar-refractivity contribution is 7.97. The molecule has 0 saturated carbocycles. The van der Waals surface area contributed by atoms with Gasteiger partial charge in [0.2, 0.25) is 0 Å². The van der Waals surface area contributed by atoms with Gasteiger partial charge in [-0.25, -0.2) is 0 Å². The van der Waals surface area contributed by atoms with Crippen molar-refractivity contribution in [3.05, 3.63) is 273 Å². The molecule has 118 heavy (non-hydrogen) atoms. The summed E-state index contributed by atoms with van der Waals surface area (Å²) in [5, 5.41) is 10.1. The summed E-state index contributed by atoms with van der Waals surface area (Å²) in [6.07, 6.45) is 16.0. The van der Waals surface area contributed by atoms with Crippen molar-refractivity contribution >= 4 is 50.6 Å². The number of nitrogens with zero attached hydrogens (tertiary/aromatic N) is 6. The summed E-state index contributed by atoms with van der Waals surface area (Å²) in [5.74, 6) is -0.0434. The second-order valence-electron chi connectivity index (χ2n) is 30.4. The van der Waals surface area contributed by atoms with Crippen LogP contribution in [0.1, 0.15) is 111 Å². The number of unbranched alkanes of at least 4 members (excludes halogenated alkanes) is 6. The number of rotatable bonds is 33. The predicted octanol–water partition coefficient (Wildman–Crippen LogP) is 17.2. The first-order valence-electron chi connectivity index (χ1n) is 44.0. The molecule has 0 aromatic heterocycles. The number of hydrogen-bond acceptors (Lipinski definition) is 15. The van der Waals surface area contributed by atoms with Gasteiger partial charge < -0.3 is 44.9 Å². The summed E-state index contributed by atoms with van der Waals surface area (Å²) in [6.45, 7) is 30.7. The van der Waals surface area contributed by atoms with E-state index in [1.165, 1.54) is 121 Å². The van der Waals surface area contributed by atoms with E-state index in [9.17, 15) is 14.4 Å². The van der Waals surface area contributed by atoms with Crippen LogP contribution >= 0.6 is 0 Å². The minimum atomic E-state index is -0.0295. The van der Waals surface area contributed by atoms with Crippen molar-refractivity contribution in [1.29, 1.82) is 0 Å². The van der Waals surface area contributed by atoms with Crippen LogP contribution in [0.5, 0.6) is 0 Å². The maximum absolute atomic E-state index is 11.8. The van der Waals surface area contributed by atoms with Gasteiger partial charge in [-0.3, -0.25) is 29.1 Å². The molecule has 18 heteroatoms. The fourth-order valence-electron chi connectivity index (χ4n) is 15.5. The molecule has 6 aliphatic heterocycles. The average molecular weight is 1650 g/mol. The molecule has 9 aromatic rings. The number of hydrogen-bond donors (Lipinski definition) is 3. The molecule has 630 valence electrons. The SMILES string of the molecule is CCNCCCCCN1CCN(C2CCC(=O)O2)CC1.CCNCCCCCN1CCN(C2CCCOC2=O)CC1.CCNCCCCCN1CCN(C2CCOC2=O)CC1.c1ccc([S+](c2ccccc2)c2ccccc2)cc1.c1ccc([S+](c2ccccc2)c2ccccc2)cc1.c1ccc([S+](c2ccccc2)c2ccccc2)cc1. The van der Waals surface area contributed by atoms with Gasteiger partial charge in [-0.05, 0) is 219 Å². The monoisotopic (exact) mass is 1650 g/mol. The molecular weight excluding hydrogens is 1520 g/mol. The van der Waals surface area contributed by atoms with E-state index < -0.39 is 0 Å². The molecule has 0 spiro atoms. The Morgan fingerprint density at radius 1 is 0.297 bits per heavy atom. The molecule has 6 fully saturated rings. The number of nitrogens with one attached hydrogen (secondary N) is 3. The first kappa shape index (κ1) is 92.4. The summed E-state index contributed by atoms with van der Waals surface area (Å²) in [5.41, 5.74) is 0. The van der Waals surface area contributed by atoms with Crippen molar-refractivity contribution in [3.8, 4) is 0 Å². The summed E-state index contributed by atoms with van der Waals surface area (Å²) < 4.78 is 15.6. The minimum Gasteiger partial charge on any atom is -0.465 e. The van der Waals surface area contributed by atoms with Crippen molar-refractivity contribution in [3.63, 3.8) is 0 Å². The molecule has 6 saturated heterocycles. The first-order chi connectivity index (χ1) is 58.3. The number of ether oxygens (including phenoxy) is 3. The minimum absolute atomic E-state index is 0.00174. The molecule has 15 rings (SSSR count). The second-order valence-corrected chi connectivity index (χ2v) is 36.5. The first-order valence-corrected chi connectivity index (χ1v) is 47.7. The van der Waals surface area contributed by atoms with E-state index in [2.05, 4.69) is 339 Å². The predicted molar refractivity (Wildman–Crippen MR) is 488 cm³/mol. The van der Waals surface area contributed by atoms with Crippen LogP contribution in [0.2, 0.25) is 0 Å². The zero-order valence-corrected chi connectivity index (χ0v) is 73.2. The van der Waals surface area contributed by atoms with Gasteiger partial charge in [0, 0.05) is 91.4 Å². The molecule has 0 amide bonds. The highest BCUT2D eigenvalue weighted by atomic mass is 32.2. The van der Waals surface area contributed by atoms with Gasteiger partial charge in [-0.2, -0.15) is 0 Å². The maximum Gasteiger partial charge on any atom is 0.323 e. The smallest absolute Gasteiger partial charge is 0.323 e. The zero-order chi connectivity index (χ0) is 82.1. The van der Waals surface area contributed by atoms with E-state index in [0.29, 0.717) is 19.6 Å². The van der Waals surface area contributed by atoms with Crippen LogP contribution < -0.4 is 16.0 Å². The largest absolute Gasteiger partial charge is 0.465 e. The van der Waals surface area contributed by atoms with Crippen molar-refractivity contribution < 1.29 is 28.6 Å². The van der Waals surface area contributed by atoms with Gasteiger partial charge in [0.15, 0.2) is 50.3 Å². The van der Waals surface area contributed by atoms with Crippen LogP contribution in [0.4, 0.5) is 0 Å². The second kappa shape index (κ2) is 55.1. The van der Waals surface area contributed by atoms with Crippen LogP contribution in [-0.4, -0.2) is 216 Å². The van der Waals surface area contributed by atoms with E-state index in [0.717, 1.165) is 143 Å². The third-order valence-electron chi connectivity index (χ3n) is 22.0. The standard InChI is InChI=1S/3C18H15S.C16H31N3O2.2C15H29N3O2/c3*1-4-10-16(11-5-1)19(17-12-6-2-7-13-17)18-14-8-3-9-15-18;1-2-17-8-4-3-5-9-18-10-12-19(13-11-18)15-7-6-14-21-16(15)20;1-2-16-8-4-3-5-9-17-10-12-18(13-11-17)14-6-7-15(19)20-14;1-2-16-7-4-3-5-8-17-9-11-18(12-10-17)14-6-13-20-15(14)19/h3*1-15H;15,17H,2-14H2,1H3;2*14,16H,2-13H2,1H3/q3*+1;;;. The Kier molecular flexibility index (Phi) is 43.1. The third-order valence-corrected chi connectivity index (χ3v) is 28.7. The molecule has 0 bridgehead atoms. The molecular formula is C100H134N9O6S3+3. The Hall–Kier alpha value is -7.92.